The first kappa shape index (κ1) is 21.0. The molecule has 5 nitrogen and oxygen atoms in total. The Labute approximate surface area is 184 Å². The lowest BCUT2D eigenvalue weighted by Crippen LogP contribution is -2.54. The second kappa shape index (κ2) is 8.47. The molecule has 2 saturated heterocycles. The zero-order valence-electron chi connectivity index (χ0n) is 16.7. The Bertz CT molecular complexity index is 979. The third-order valence-electron chi connectivity index (χ3n) is 5.78. The molecule has 2 aromatic carbocycles. The molecule has 2 aromatic rings. The fourth-order valence-corrected chi connectivity index (χ4v) is 5.66. The molecule has 0 aliphatic carbocycles. The number of hydrogen-bond acceptors (Lipinski definition) is 3. The average Bonchev–Trinajstić information content (AvgIpc) is 3.14. The van der Waals surface area contributed by atoms with Gasteiger partial charge in [-0.15, -0.1) is 11.8 Å². The maximum Gasteiger partial charge on any atom is 0.321 e. The number of nitrogens with zero attached hydrogens (tertiary/aromatic N) is 2. The first-order chi connectivity index (χ1) is 14.4. The van der Waals surface area contributed by atoms with Gasteiger partial charge in [-0.2, -0.15) is 0 Å². The van der Waals surface area contributed by atoms with Crippen LogP contribution in [0.25, 0.3) is 0 Å². The van der Waals surface area contributed by atoms with Crippen molar-refractivity contribution in [2.45, 2.75) is 24.6 Å². The number of aryl methyl sites for hydroxylation is 1. The van der Waals surface area contributed by atoms with Crippen LogP contribution in [0.1, 0.15) is 28.8 Å². The summed E-state index contributed by atoms with van der Waals surface area (Å²) < 4.78 is 14.2. The van der Waals surface area contributed by atoms with E-state index >= 15 is 0 Å². The highest BCUT2D eigenvalue weighted by Crippen LogP contribution is 2.44. The maximum atomic E-state index is 14.2. The van der Waals surface area contributed by atoms with E-state index in [1.165, 1.54) is 12.1 Å². The lowest BCUT2D eigenvalue weighted by atomic mass is 10.0. The van der Waals surface area contributed by atoms with Crippen LogP contribution in [0.4, 0.5) is 14.9 Å². The number of nitrogens with one attached hydrogen (secondary N) is 1. The van der Waals surface area contributed by atoms with E-state index in [9.17, 15) is 14.0 Å². The standard InChI is InChI=1S/C22H23ClFN3O2S/c1-15-6-7-16(14-18(15)23)25-21(29)26-10-8-22(9-11-26)27(12-13-30-22)20(28)17-4-2-3-5-19(17)24/h2-7,14H,8-13H2,1H3,(H,25,29). The quantitative estimate of drug-likeness (QED) is 0.704. The van der Waals surface area contributed by atoms with Crippen molar-refractivity contribution in [1.29, 1.82) is 0 Å². The van der Waals surface area contributed by atoms with Crippen molar-refractivity contribution in [3.63, 3.8) is 0 Å². The highest BCUT2D eigenvalue weighted by atomic mass is 35.5. The SMILES string of the molecule is Cc1ccc(NC(=O)N2CCC3(CC2)SCCN3C(=O)c2ccccc2F)cc1Cl. The summed E-state index contributed by atoms with van der Waals surface area (Å²) >= 11 is 7.87. The third-order valence-corrected chi connectivity index (χ3v) is 7.74. The van der Waals surface area contributed by atoms with Crippen LogP contribution < -0.4 is 5.32 Å². The summed E-state index contributed by atoms with van der Waals surface area (Å²) in [5, 5.41) is 3.50. The summed E-state index contributed by atoms with van der Waals surface area (Å²) in [6.45, 7) is 3.55. The Balaban J connectivity index is 1.42. The van der Waals surface area contributed by atoms with Gasteiger partial charge in [0.2, 0.25) is 0 Å². The minimum absolute atomic E-state index is 0.107. The highest BCUT2D eigenvalue weighted by Gasteiger charge is 2.47. The van der Waals surface area contributed by atoms with Crippen molar-refractivity contribution in [3.05, 3.63) is 64.4 Å². The Morgan fingerprint density at radius 2 is 1.87 bits per heavy atom. The van der Waals surface area contributed by atoms with Crippen molar-refractivity contribution in [1.82, 2.24) is 9.80 Å². The maximum absolute atomic E-state index is 14.2. The number of halogens is 2. The summed E-state index contributed by atoms with van der Waals surface area (Å²) in [5.41, 5.74) is 1.71. The Morgan fingerprint density at radius 3 is 2.57 bits per heavy atom. The Morgan fingerprint density at radius 1 is 1.13 bits per heavy atom. The minimum atomic E-state index is -0.497. The van der Waals surface area contributed by atoms with E-state index in [1.807, 2.05) is 19.1 Å². The highest BCUT2D eigenvalue weighted by molar-refractivity contribution is 8.00. The predicted octanol–water partition coefficient (Wildman–Crippen LogP) is 5.00. The van der Waals surface area contributed by atoms with E-state index in [4.69, 9.17) is 11.6 Å². The number of likely N-dealkylation sites (tertiary alicyclic amines) is 1. The molecule has 0 atom stereocenters. The van der Waals surface area contributed by atoms with Gasteiger partial charge in [0.25, 0.3) is 5.91 Å². The van der Waals surface area contributed by atoms with Gasteiger partial charge in [0.15, 0.2) is 0 Å². The largest absolute Gasteiger partial charge is 0.324 e. The second-order valence-corrected chi connectivity index (χ2v) is 9.48. The van der Waals surface area contributed by atoms with Gasteiger partial charge in [-0.1, -0.05) is 29.8 Å². The topological polar surface area (TPSA) is 52.7 Å². The van der Waals surface area contributed by atoms with E-state index in [0.717, 1.165) is 11.3 Å². The molecule has 0 unspecified atom stereocenters. The van der Waals surface area contributed by atoms with Gasteiger partial charge in [-0.25, -0.2) is 9.18 Å². The van der Waals surface area contributed by atoms with Crippen molar-refractivity contribution in [2.24, 2.45) is 0 Å². The molecule has 3 amide bonds. The zero-order valence-corrected chi connectivity index (χ0v) is 18.2. The third kappa shape index (κ3) is 4.01. The zero-order chi connectivity index (χ0) is 21.3. The minimum Gasteiger partial charge on any atom is -0.324 e. The van der Waals surface area contributed by atoms with E-state index in [2.05, 4.69) is 5.32 Å². The smallest absolute Gasteiger partial charge is 0.321 e. The normalized spacial score (nSPS) is 18.0. The van der Waals surface area contributed by atoms with Crippen LogP contribution in [0.2, 0.25) is 5.02 Å². The molecule has 30 heavy (non-hydrogen) atoms. The summed E-state index contributed by atoms with van der Waals surface area (Å²) in [7, 11) is 0. The number of rotatable bonds is 2. The van der Waals surface area contributed by atoms with Crippen molar-refractivity contribution >= 4 is 41.0 Å². The van der Waals surface area contributed by atoms with Crippen LogP contribution in [0.5, 0.6) is 0 Å². The molecule has 2 heterocycles. The summed E-state index contributed by atoms with van der Waals surface area (Å²) in [4.78, 5) is 28.9. The Hall–Kier alpha value is -2.25. The molecule has 0 aromatic heterocycles. The molecule has 0 bridgehead atoms. The summed E-state index contributed by atoms with van der Waals surface area (Å²) in [5.74, 6) is 0.0438. The van der Waals surface area contributed by atoms with Crippen LogP contribution in [-0.2, 0) is 0 Å². The molecule has 2 aliphatic rings. The molecule has 2 aliphatic heterocycles. The molecule has 0 radical (unpaired) electrons. The number of piperidine rings is 1. The van der Waals surface area contributed by atoms with Crippen molar-refractivity contribution in [3.8, 4) is 0 Å². The first-order valence-corrected chi connectivity index (χ1v) is 11.3. The van der Waals surface area contributed by atoms with Gasteiger partial charge in [0, 0.05) is 36.1 Å². The number of carbonyl (C=O) groups excluding carboxylic acids is 2. The molecule has 0 saturated carbocycles. The molecular formula is C22H23ClFN3O2S. The van der Waals surface area contributed by atoms with E-state index in [1.54, 1.807) is 39.8 Å². The fourth-order valence-electron chi connectivity index (χ4n) is 4.02. The van der Waals surface area contributed by atoms with Crippen LogP contribution in [0, 0.1) is 12.7 Å². The molecule has 8 heteroatoms. The van der Waals surface area contributed by atoms with Gasteiger partial charge >= 0.3 is 6.03 Å². The Kier molecular flexibility index (Phi) is 5.93. The van der Waals surface area contributed by atoms with Gasteiger partial charge in [-0.05, 0) is 49.6 Å². The molecule has 1 N–H and O–H groups in total. The van der Waals surface area contributed by atoms with Crippen LogP contribution in [0.3, 0.4) is 0 Å². The van der Waals surface area contributed by atoms with E-state index in [0.29, 0.717) is 43.2 Å². The lowest BCUT2D eigenvalue weighted by Gasteiger charge is -2.44. The molecular weight excluding hydrogens is 425 g/mol. The van der Waals surface area contributed by atoms with Crippen LogP contribution >= 0.6 is 23.4 Å². The molecule has 2 fully saturated rings. The number of hydrogen-bond donors (Lipinski definition) is 1. The van der Waals surface area contributed by atoms with Crippen molar-refractivity contribution < 1.29 is 14.0 Å². The number of thioether (sulfide) groups is 1. The monoisotopic (exact) mass is 447 g/mol. The summed E-state index contributed by atoms with van der Waals surface area (Å²) in [6.07, 6.45) is 1.31. The number of benzene rings is 2. The van der Waals surface area contributed by atoms with Gasteiger partial charge in [0.05, 0.1) is 10.4 Å². The first-order valence-electron chi connectivity index (χ1n) is 9.92. The molecule has 4 rings (SSSR count). The molecule has 158 valence electrons. The van der Waals surface area contributed by atoms with Crippen molar-refractivity contribution in [2.75, 3.05) is 30.7 Å². The average molecular weight is 448 g/mol. The van der Waals surface area contributed by atoms with E-state index in [-0.39, 0.29) is 22.4 Å². The second-order valence-electron chi connectivity index (χ2n) is 7.61. The van der Waals surface area contributed by atoms with Crippen LogP contribution in [0.15, 0.2) is 42.5 Å². The molecule has 1 spiro atoms. The number of anilines is 1. The number of amides is 3. The number of carbonyl (C=O) groups is 2. The fraction of sp³-hybridized carbons (Fsp3) is 0.364. The van der Waals surface area contributed by atoms with Gasteiger partial charge in [-0.3, -0.25) is 4.79 Å². The summed E-state index contributed by atoms with van der Waals surface area (Å²) in [6, 6.07) is 11.4. The lowest BCUT2D eigenvalue weighted by molar-refractivity contribution is 0.0581. The van der Waals surface area contributed by atoms with Gasteiger partial charge < -0.3 is 15.1 Å². The predicted molar refractivity (Wildman–Crippen MR) is 119 cm³/mol. The van der Waals surface area contributed by atoms with Gasteiger partial charge in [0.1, 0.15) is 5.82 Å². The number of urea groups is 1. The van der Waals surface area contributed by atoms with E-state index < -0.39 is 5.82 Å². The van der Waals surface area contributed by atoms with Crippen LogP contribution in [-0.4, -0.2) is 52.0 Å².